The molecule has 0 aliphatic carbocycles. The molecule has 2 atom stereocenters. The molecule has 1 fully saturated rings. The van der Waals surface area contributed by atoms with Gasteiger partial charge in [-0.15, -0.1) is 0 Å². The van der Waals surface area contributed by atoms with E-state index in [1.807, 2.05) is 7.05 Å². The lowest BCUT2D eigenvalue weighted by Crippen LogP contribution is -2.41. The second-order valence-corrected chi connectivity index (χ2v) is 5.07. The van der Waals surface area contributed by atoms with Gasteiger partial charge in [0, 0.05) is 25.7 Å². The molecule has 2 rings (SSSR count). The normalized spacial score (nSPS) is 20.6. The third-order valence-corrected chi connectivity index (χ3v) is 3.69. The lowest BCUT2D eigenvalue weighted by Gasteiger charge is -2.32. The van der Waals surface area contributed by atoms with Gasteiger partial charge in [-0.3, -0.25) is 4.90 Å². The van der Waals surface area contributed by atoms with E-state index in [1.54, 1.807) is 0 Å². The number of nitrogens with one attached hydrogen (secondary N) is 1. The zero-order valence-electron chi connectivity index (χ0n) is 11.4. The van der Waals surface area contributed by atoms with Crippen molar-refractivity contribution >= 4 is 0 Å². The van der Waals surface area contributed by atoms with Crippen LogP contribution in [-0.2, 0) is 4.74 Å². The first-order valence-corrected chi connectivity index (χ1v) is 6.83. The van der Waals surface area contributed by atoms with Gasteiger partial charge in [-0.05, 0) is 18.5 Å². The number of nitrogens with zero attached hydrogens (tertiary/aromatic N) is 1. The molecule has 100 valence electrons. The summed E-state index contributed by atoms with van der Waals surface area (Å²) in [6.07, 6.45) is 0. The van der Waals surface area contributed by atoms with Crippen molar-refractivity contribution < 1.29 is 4.74 Å². The molecular formula is C15H24N2O. The number of hydrogen-bond donors (Lipinski definition) is 1. The van der Waals surface area contributed by atoms with Crippen LogP contribution in [-0.4, -0.2) is 44.8 Å². The van der Waals surface area contributed by atoms with E-state index in [1.165, 1.54) is 5.56 Å². The Morgan fingerprint density at radius 2 is 1.89 bits per heavy atom. The largest absolute Gasteiger partial charge is 0.379 e. The summed E-state index contributed by atoms with van der Waals surface area (Å²) < 4.78 is 5.40. The zero-order chi connectivity index (χ0) is 12.8. The molecule has 3 heteroatoms. The van der Waals surface area contributed by atoms with E-state index in [0.29, 0.717) is 12.0 Å². The Morgan fingerprint density at radius 3 is 2.50 bits per heavy atom. The van der Waals surface area contributed by atoms with E-state index in [0.717, 1.165) is 32.8 Å². The van der Waals surface area contributed by atoms with Gasteiger partial charge in [0.2, 0.25) is 0 Å². The fourth-order valence-corrected chi connectivity index (χ4v) is 2.74. The maximum atomic E-state index is 5.40. The minimum atomic E-state index is 0.425. The second kappa shape index (κ2) is 6.88. The standard InChI is InChI=1S/C15H24N2O/c1-13(12-17-8-10-18-11-9-17)15(16-2)14-6-4-3-5-7-14/h3-7,13,15-16H,8-12H2,1-2H3/t13-,15?/m0/s1. The van der Waals surface area contributed by atoms with E-state index < -0.39 is 0 Å². The number of morpholine rings is 1. The highest BCUT2D eigenvalue weighted by Gasteiger charge is 2.21. The molecule has 0 radical (unpaired) electrons. The summed E-state index contributed by atoms with van der Waals surface area (Å²) in [4.78, 5) is 2.50. The number of ether oxygens (including phenoxy) is 1. The third-order valence-electron chi connectivity index (χ3n) is 3.69. The molecule has 0 bridgehead atoms. The van der Waals surface area contributed by atoms with Crippen molar-refractivity contribution in [3.63, 3.8) is 0 Å². The lowest BCUT2D eigenvalue weighted by atomic mass is 9.94. The van der Waals surface area contributed by atoms with Crippen molar-refractivity contribution in [3.05, 3.63) is 35.9 Å². The average Bonchev–Trinajstić information content (AvgIpc) is 2.42. The predicted molar refractivity (Wildman–Crippen MR) is 74.7 cm³/mol. The van der Waals surface area contributed by atoms with Crippen molar-refractivity contribution in [1.29, 1.82) is 0 Å². The first-order chi connectivity index (χ1) is 8.81. The van der Waals surface area contributed by atoms with E-state index in [2.05, 4.69) is 47.5 Å². The summed E-state index contributed by atoms with van der Waals surface area (Å²) in [6.45, 7) is 7.34. The molecule has 1 aliphatic rings. The maximum Gasteiger partial charge on any atom is 0.0594 e. The van der Waals surface area contributed by atoms with Gasteiger partial charge in [-0.25, -0.2) is 0 Å². The van der Waals surface area contributed by atoms with E-state index in [9.17, 15) is 0 Å². The second-order valence-electron chi connectivity index (χ2n) is 5.07. The van der Waals surface area contributed by atoms with Crippen LogP contribution in [0, 0.1) is 5.92 Å². The fourth-order valence-electron chi connectivity index (χ4n) is 2.74. The Balaban J connectivity index is 1.94. The average molecular weight is 248 g/mol. The van der Waals surface area contributed by atoms with Gasteiger partial charge in [-0.1, -0.05) is 37.3 Å². The molecule has 1 aromatic carbocycles. The Morgan fingerprint density at radius 1 is 1.22 bits per heavy atom. The maximum absolute atomic E-state index is 5.40. The highest BCUT2D eigenvalue weighted by Crippen LogP contribution is 2.22. The van der Waals surface area contributed by atoms with Crippen LogP contribution in [0.4, 0.5) is 0 Å². The predicted octanol–water partition coefficient (Wildman–Crippen LogP) is 1.92. The van der Waals surface area contributed by atoms with Crippen LogP contribution in [0.15, 0.2) is 30.3 Å². The van der Waals surface area contributed by atoms with Gasteiger partial charge in [0.1, 0.15) is 0 Å². The molecule has 0 aromatic heterocycles. The molecule has 1 heterocycles. The van der Waals surface area contributed by atoms with Gasteiger partial charge in [0.05, 0.1) is 13.2 Å². The molecule has 0 amide bonds. The summed E-state index contributed by atoms with van der Waals surface area (Å²) in [6, 6.07) is 11.1. The van der Waals surface area contributed by atoms with E-state index in [-0.39, 0.29) is 0 Å². The summed E-state index contributed by atoms with van der Waals surface area (Å²) in [7, 11) is 2.05. The Hall–Kier alpha value is -0.900. The minimum absolute atomic E-state index is 0.425. The van der Waals surface area contributed by atoms with E-state index >= 15 is 0 Å². The summed E-state index contributed by atoms with van der Waals surface area (Å²) in [5.74, 6) is 0.593. The van der Waals surface area contributed by atoms with Crippen molar-refractivity contribution in [2.45, 2.75) is 13.0 Å². The van der Waals surface area contributed by atoms with Gasteiger partial charge in [0.15, 0.2) is 0 Å². The van der Waals surface area contributed by atoms with Gasteiger partial charge in [-0.2, -0.15) is 0 Å². The highest BCUT2D eigenvalue weighted by atomic mass is 16.5. The molecule has 1 aromatic rings. The Kier molecular flexibility index (Phi) is 5.17. The minimum Gasteiger partial charge on any atom is -0.379 e. The van der Waals surface area contributed by atoms with Crippen LogP contribution in [0.5, 0.6) is 0 Å². The molecule has 1 unspecified atom stereocenters. The topological polar surface area (TPSA) is 24.5 Å². The van der Waals surface area contributed by atoms with Gasteiger partial charge >= 0.3 is 0 Å². The van der Waals surface area contributed by atoms with E-state index in [4.69, 9.17) is 4.74 Å². The molecule has 1 N–H and O–H groups in total. The quantitative estimate of drug-likeness (QED) is 0.861. The molecule has 0 spiro atoms. The molecular weight excluding hydrogens is 224 g/mol. The zero-order valence-corrected chi connectivity index (χ0v) is 11.4. The Labute approximate surface area is 110 Å². The third kappa shape index (κ3) is 3.55. The summed E-state index contributed by atoms with van der Waals surface area (Å²) in [5, 5.41) is 3.45. The van der Waals surface area contributed by atoms with Crippen molar-refractivity contribution in [2.75, 3.05) is 39.9 Å². The fraction of sp³-hybridized carbons (Fsp3) is 0.600. The van der Waals surface area contributed by atoms with Crippen molar-refractivity contribution in [3.8, 4) is 0 Å². The monoisotopic (exact) mass is 248 g/mol. The van der Waals surface area contributed by atoms with Crippen LogP contribution in [0.25, 0.3) is 0 Å². The number of benzene rings is 1. The Bertz CT molecular complexity index is 336. The van der Waals surface area contributed by atoms with Crippen LogP contribution in [0.2, 0.25) is 0 Å². The highest BCUT2D eigenvalue weighted by molar-refractivity contribution is 5.19. The van der Waals surface area contributed by atoms with Crippen LogP contribution in [0.1, 0.15) is 18.5 Å². The molecule has 1 aliphatic heterocycles. The van der Waals surface area contributed by atoms with Crippen LogP contribution in [0.3, 0.4) is 0 Å². The summed E-state index contributed by atoms with van der Waals surface area (Å²) >= 11 is 0. The van der Waals surface area contributed by atoms with Crippen LogP contribution < -0.4 is 5.32 Å². The number of hydrogen-bond acceptors (Lipinski definition) is 3. The number of rotatable bonds is 5. The van der Waals surface area contributed by atoms with Crippen molar-refractivity contribution in [2.24, 2.45) is 5.92 Å². The van der Waals surface area contributed by atoms with Crippen LogP contribution >= 0.6 is 0 Å². The summed E-state index contributed by atoms with van der Waals surface area (Å²) in [5.41, 5.74) is 1.38. The van der Waals surface area contributed by atoms with Gasteiger partial charge in [0.25, 0.3) is 0 Å². The van der Waals surface area contributed by atoms with Gasteiger partial charge < -0.3 is 10.1 Å². The first kappa shape index (κ1) is 13.5. The lowest BCUT2D eigenvalue weighted by molar-refractivity contribution is 0.0293. The SMILES string of the molecule is CNC(c1ccccc1)[C@@H](C)CN1CCOCC1. The molecule has 18 heavy (non-hydrogen) atoms. The smallest absolute Gasteiger partial charge is 0.0594 e. The molecule has 0 saturated carbocycles. The molecule has 3 nitrogen and oxygen atoms in total. The van der Waals surface area contributed by atoms with Crippen molar-refractivity contribution in [1.82, 2.24) is 10.2 Å². The molecule has 1 saturated heterocycles. The first-order valence-electron chi connectivity index (χ1n) is 6.83.